The molecule has 1 aliphatic carbocycles. The van der Waals surface area contributed by atoms with E-state index in [2.05, 4.69) is 26.3 Å². The zero-order valence-corrected chi connectivity index (χ0v) is 35.7. The first-order valence-corrected chi connectivity index (χ1v) is 16.0. The van der Waals surface area contributed by atoms with E-state index in [4.69, 9.17) is 51.6 Å². The van der Waals surface area contributed by atoms with Gasteiger partial charge >= 0.3 is 0 Å². The van der Waals surface area contributed by atoms with Crippen LogP contribution in [0.5, 0.6) is 34.5 Å². The summed E-state index contributed by atoms with van der Waals surface area (Å²) in [4.78, 5) is 26.6. The average Bonchev–Trinajstić information content (AvgIpc) is 3.80. The first kappa shape index (κ1) is 42.0. The number of carbonyl (C=O) groups is 2. The molecule has 0 N–H and O–H groups in total. The zero-order valence-electron chi connectivity index (χ0n) is 28.5. The third-order valence-corrected chi connectivity index (χ3v) is 9.84. The van der Waals surface area contributed by atoms with Gasteiger partial charge in [0.25, 0.3) is 0 Å². The number of fused-ring (bicyclic) bond motifs is 2. The molecule has 0 amide bonds. The van der Waals surface area contributed by atoms with Crippen LogP contribution in [0.1, 0.15) is 59.4 Å². The van der Waals surface area contributed by atoms with Crippen LogP contribution in [0.15, 0.2) is 36.4 Å². The van der Waals surface area contributed by atoms with Gasteiger partial charge < -0.3 is 48.7 Å². The van der Waals surface area contributed by atoms with Crippen molar-refractivity contribution in [2.75, 3.05) is 28.4 Å². The molecule has 3 aromatic carbocycles. The molecule has 2 aliphatic heterocycles. The first-order valence-electron chi connectivity index (χ1n) is 15.3. The summed E-state index contributed by atoms with van der Waals surface area (Å²) in [6, 6.07) is 13.5. The summed E-state index contributed by atoms with van der Waals surface area (Å²) < 4.78 is 33.7. The zero-order chi connectivity index (χ0) is 34.3. The van der Waals surface area contributed by atoms with Gasteiger partial charge in [-0.1, -0.05) is 49.9 Å². The molecule has 8 nitrogen and oxygen atoms in total. The van der Waals surface area contributed by atoms with E-state index in [-0.39, 0.29) is 106 Å². The molecule has 6 rings (SSSR count). The Morgan fingerprint density at radius 3 is 1.80 bits per heavy atom. The van der Waals surface area contributed by atoms with Gasteiger partial charge in [-0.05, 0) is 0 Å². The first-order chi connectivity index (χ1) is 22.4. The number of hydrogen-bond donors (Lipinski definition) is 0. The van der Waals surface area contributed by atoms with Crippen LogP contribution in [0.3, 0.4) is 0 Å². The van der Waals surface area contributed by atoms with E-state index >= 15 is 0 Å². The molecule has 12 heteroatoms. The van der Waals surface area contributed by atoms with Crippen LogP contribution in [0, 0.1) is 44.1 Å². The Morgan fingerprint density at radius 2 is 1.37 bits per heavy atom. The van der Waals surface area contributed by atoms with Crippen molar-refractivity contribution in [2.45, 2.75) is 44.3 Å². The van der Waals surface area contributed by atoms with Crippen LogP contribution in [-0.2, 0) is 71.0 Å². The Labute approximate surface area is 349 Å². The molecular weight excluding hydrogens is 821 g/mol. The van der Waals surface area contributed by atoms with Gasteiger partial charge in [0, 0.05) is 77.6 Å². The molecule has 1 saturated carbocycles. The van der Waals surface area contributed by atoms with Crippen molar-refractivity contribution >= 4 is 34.8 Å². The third kappa shape index (κ3) is 6.93. The van der Waals surface area contributed by atoms with Gasteiger partial charge in [-0.25, -0.2) is 0 Å². The number of halogens is 2. The summed E-state index contributed by atoms with van der Waals surface area (Å²) in [6.07, 6.45) is 5.13. The van der Waals surface area contributed by atoms with Crippen LogP contribution in [0.25, 0.3) is 0 Å². The number of hydrogen-bond acceptors (Lipinski definition) is 8. The number of rotatable bonds is 8. The maximum Gasteiger partial charge on any atom is 0.213 e. The van der Waals surface area contributed by atoms with Gasteiger partial charge in [0.2, 0.25) is 11.6 Å². The van der Waals surface area contributed by atoms with E-state index in [1.165, 1.54) is 28.4 Å². The van der Waals surface area contributed by atoms with Crippen LogP contribution >= 0.6 is 23.2 Å². The van der Waals surface area contributed by atoms with Crippen molar-refractivity contribution in [3.05, 3.63) is 89.5 Å². The van der Waals surface area contributed by atoms with Crippen molar-refractivity contribution in [1.82, 2.24) is 0 Å². The number of ether oxygens (including phenoxy) is 6. The fourth-order valence-corrected chi connectivity index (χ4v) is 7.24. The summed E-state index contributed by atoms with van der Waals surface area (Å²) in [5, 5.41) is 0.539. The number of methoxy groups -OCH3 is 4. The number of ketones is 2. The molecule has 0 spiro atoms. The summed E-state index contributed by atoms with van der Waals surface area (Å²) in [6.45, 7) is 11.9. The standard InChI is InChI=1S/C19H17ClO4.C18H21ClO4.2Y/c1-11(2)19(12-8-6-5-7-9-12)18(21)15-13(22-3)10-14(23-4)16(20)17(15)24-19;1-10(2)18(11-7-5-6-8-11)17(20)14-12(21-3)9-13(22-4)15(19)16(14)23-18;;/h5-8,10-11H,1H2,2-4H3;7,9-11H,1,5-6,8H2,2-4H3;;/q2*-2;;/t11-,19-;10-,11?,18-;;/m00../s1. The molecule has 1 fully saturated rings. The molecule has 2 radical (unpaired) electrons. The van der Waals surface area contributed by atoms with Gasteiger partial charge in [0.15, 0.2) is 17.1 Å². The van der Waals surface area contributed by atoms with E-state index in [0.29, 0.717) is 50.5 Å². The molecule has 0 aromatic heterocycles. The monoisotopic (exact) mass is 858 g/mol. The predicted octanol–water partition coefficient (Wildman–Crippen LogP) is 8.24. The van der Waals surface area contributed by atoms with E-state index < -0.39 is 11.2 Å². The topological polar surface area (TPSA) is 89.5 Å². The van der Waals surface area contributed by atoms with Gasteiger partial charge in [0.05, 0.1) is 28.4 Å². The Kier molecular flexibility index (Phi) is 14.5. The summed E-state index contributed by atoms with van der Waals surface area (Å²) in [5.41, 5.74) is -1.01. The minimum atomic E-state index is -1.30. The fraction of sp³-hybridized carbons (Fsp3) is 0.378. The SMILES string of the molecule is [CH2-][C@@H](C)[C@@]1(C2[CH-]CCC2)Oc2c(Cl)c(OC)cc(OC)c2C1=O.[CH2-][C@@H](C)[C@@]1(c2[c-]cccc2)Oc2c(Cl)c(OC)cc(OC)c2C1=O.[Y].[Y]. The van der Waals surface area contributed by atoms with Gasteiger partial charge in [-0.2, -0.15) is 36.8 Å². The van der Waals surface area contributed by atoms with Crippen LogP contribution in [0.2, 0.25) is 10.0 Å². The van der Waals surface area contributed by atoms with Crippen LogP contribution < -0.4 is 28.4 Å². The number of carbonyl (C=O) groups excluding carboxylic acids is 2. The Bertz CT molecular complexity index is 1680. The van der Waals surface area contributed by atoms with Crippen molar-refractivity contribution in [1.29, 1.82) is 0 Å². The molecule has 1 unspecified atom stereocenters. The Balaban J connectivity index is 0.000000255. The van der Waals surface area contributed by atoms with Crippen molar-refractivity contribution in [3.8, 4) is 34.5 Å². The second-order valence-electron chi connectivity index (χ2n) is 11.8. The van der Waals surface area contributed by atoms with E-state index in [9.17, 15) is 9.59 Å². The summed E-state index contributed by atoms with van der Waals surface area (Å²) in [5.74, 6) is 1.26. The van der Waals surface area contributed by atoms with Crippen LogP contribution in [0.4, 0.5) is 0 Å². The largest absolute Gasteiger partial charge is 0.496 e. The summed E-state index contributed by atoms with van der Waals surface area (Å²) in [7, 11) is 6.02. The maximum atomic E-state index is 13.3. The number of Topliss-reactive ketones (excluding diaryl/α,β-unsaturated/α-hetero) is 2. The second-order valence-corrected chi connectivity index (χ2v) is 12.6. The van der Waals surface area contributed by atoms with Crippen molar-refractivity contribution < 1.29 is 103 Å². The quantitative estimate of drug-likeness (QED) is 0.210. The van der Waals surface area contributed by atoms with E-state index in [1.54, 1.807) is 24.3 Å². The van der Waals surface area contributed by atoms with Crippen molar-refractivity contribution in [2.24, 2.45) is 17.8 Å². The third-order valence-electron chi connectivity index (χ3n) is 9.12. The molecule has 3 aromatic rings. The smallest absolute Gasteiger partial charge is 0.213 e. The van der Waals surface area contributed by atoms with E-state index in [0.717, 1.165) is 19.3 Å². The molecule has 258 valence electrons. The Hall–Kier alpha value is -1.41. The second kappa shape index (κ2) is 16.9. The molecular formula is C37H38Cl2O8Y2-4. The van der Waals surface area contributed by atoms with Gasteiger partial charge in [-0.3, -0.25) is 9.59 Å². The summed E-state index contributed by atoms with van der Waals surface area (Å²) >= 11 is 12.8. The van der Waals surface area contributed by atoms with Crippen LogP contribution in [-0.4, -0.2) is 45.6 Å². The van der Waals surface area contributed by atoms with Gasteiger partial charge in [-0.15, -0.1) is 23.3 Å². The number of benzene rings is 3. The molecule has 5 atom stereocenters. The molecule has 3 aliphatic rings. The minimum absolute atomic E-state index is 0. The molecule has 2 heterocycles. The molecule has 0 saturated heterocycles. The predicted molar refractivity (Wildman–Crippen MR) is 179 cm³/mol. The fourth-order valence-electron chi connectivity index (χ4n) is 6.71. The van der Waals surface area contributed by atoms with E-state index in [1.807, 2.05) is 26.0 Å². The maximum absolute atomic E-state index is 13.3. The van der Waals surface area contributed by atoms with Crippen molar-refractivity contribution in [3.63, 3.8) is 0 Å². The molecule has 0 bridgehead atoms. The molecule has 49 heavy (non-hydrogen) atoms. The Morgan fingerprint density at radius 1 is 0.837 bits per heavy atom. The minimum Gasteiger partial charge on any atom is -0.496 e. The van der Waals surface area contributed by atoms with Gasteiger partial charge in [0.1, 0.15) is 49.8 Å². The average molecular weight is 859 g/mol. The normalized spacial score (nSPS) is 22.9.